The van der Waals surface area contributed by atoms with Gasteiger partial charge in [0.1, 0.15) is 5.82 Å². The fraction of sp³-hybridized carbons (Fsp3) is 0.538. The average molecular weight is 223 g/mol. The summed E-state index contributed by atoms with van der Waals surface area (Å²) < 4.78 is 12.9. The van der Waals surface area contributed by atoms with E-state index < -0.39 is 0 Å². The van der Waals surface area contributed by atoms with Crippen LogP contribution in [0.15, 0.2) is 24.3 Å². The second kappa shape index (κ2) is 5.41. The number of aliphatic hydroxyl groups is 1. The summed E-state index contributed by atoms with van der Waals surface area (Å²) in [6, 6.07) is 6.74. The predicted molar refractivity (Wildman–Crippen MR) is 61.5 cm³/mol. The van der Waals surface area contributed by atoms with Crippen molar-refractivity contribution in [1.29, 1.82) is 0 Å². The molecule has 2 nitrogen and oxygen atoms in total. The maximum absolute atomic E-state index is 12.9. The van der Waals surface area contributed by atoms with Gasteiger partial charge in [-0.05, 0) is 30.5 Å². The second-order valence-electron chi connectivity index (χ2n) is 4.47. The van der Waals surface area contributed by atoms with E-state index in [1.165, 1.54) is 12.1 Å². The van der Waals surface area contributed by atoms with E-state index in [-0.39, 0.29) is 18.0 Å². The number of halogens is 1. The zero-order chi connectivity index (χ0) is 11.4. The standard InChI is InChI=1S/C13H18FNO/c14-11-5-3-4-10(8-11)9-15-12-6-1-2-7-13(12)16/h3-5,8,12-13,15-16H,1-2,6-7,9H2/t12-,13-/m0/s1. The highest BCUT2D eigenvalue weighted by Crippen LogP contribution is 2.18. The third-order valence-electron chi connectivity index (χ3n) is 3.19. The molecule has 1 fully saturated rings. The van der Waals surface area contributed by atoms with Crippen molar-refractivity contribution >= 4 is 0 Å². The van der Waals surface area contributed by atoms with Crippen LogP contribution >= 0.6 is 0 Å². The highest BCUT2D eigenvalue weighted by Gasteiger charge is 2.21. The molecule has 0 spiro atoms. The molecule has 16 heavy (non-hydrogen) atoms. The Morgan fingerprint density at radius 3 is 2.88 bits per heavy atom. The van der Waals surface area contributed by atoms with Crippen LogP contribution in [0.5, 0.6) is 0 Å². The van der Waals surface area contributed by atoms with Crippen molar-refractivity contribution in [2.75, 3.05) is 0 Å². The van der Waals surface area contributed by atoms with E-state index in [0.29, 0.717) is 6.54 Å². The number of hydrogen-bond donors (Lipinski definition) is 2. The van der Waals surface area contributed by atoms with E-state index in [0.717, 1.165) is 31.2 Å². The van der Waals surface area contributed by atoms with E-state index in [1.54, 1.807) is 6.07 Å². The minimum absolute atomic E-state index is 0.164. The van der Waals surface area contributed by atoms with Crippen molar-refractivity contribution in [1.82, 2.24) is 5.32 Å². The molecule has 2 atom stereocenters. The molecule has 88 valence electrons. The lowest BCUT2D eigenvalue weighted by molar-refractivity contribution is 0.0902. The van der Waals surface area contributed by atoms with Crippen LogP contribution in [-0.4, -0.2) is 17.3 Å². The van der Waals surface area contributed by atoms with Crippen molar-refractivity contribution in [3.05, 3.63) is 35.6 Å². The minimum Gasteiger partial charge on any atom is -0.392 e. The van der Waals surface area contributed by atoms with Crippen molar-refractivity contribution < 1.29 is 9.50 Å². The van der Waals surface area contributed by atoms with Crippen LogP contribution in [0.2, 0.25) is 0 Å². The molecule has 0 aromatic heterocycles. The zero-order valence-electron chi connectivity index (χ0n) is 9.32. The Labute approximate surface area is 95.5 Å². The van der Waals surface area contributed by atoms with Gasteiger partial charge in [0.2, 0.25) is 0 Å². The first-order chi connectivity index (χ1) is 7.75. The van der Waals surface area contributed by atoms with Gasteiger partial charge < -0.3 is 10.4 Å². The van der Waals surface area contributed by atoms with Crippen LogP contribution in [0.25, 0.3) is 0 Å². The Morgan fingerprint density at radius 2 is 2.12 bits per heavy atom. The van der Waals surface area contributed by atoms with Crippen molar-refractivity contribution in [2.45, 2.75) is 44.4 Å². The molecule has 0 radical (unpaired) electrons. The van der Waals surface area contributed by atoms with Crippen molar-refractivity contribution in [3.8, 4) is 0 Å². The molecule has 2 rings (SSSR count). The van der Waals surface area contributed by atoms with Crippen LogP contribution in [0.3, 0.4) is 0 Å². The Balaban J connectivity index is 1.86. The first-order valence-corrected chi connectivity index (χ1v) is 5.91. The maximum Gasteiger partial charge on any atom is 0.123 e. The summed E-state index contributed by atoms with van der Waals surface area (Å²) in [5.74, 6) is -0.205. The van der Waals surface area contributed by atoms with Crippen LogP contribution in [0.4, 0.5) is 4.39 Å². The van der Waals surface area contributed by atoms with Gasteiger partial charge in [0.05, 0.1) is 6.10 Å². The topological polar surface area (TPSA) is 32.3 Å². The summed E-state index contributed by atoms with van der Waals surface area (Å²) in [5.41, 5.74) is 0.928. The predicted octanol–water partition coefficient (Wildman–Crippen LogP) is 2.22. The van der Waals surface area contributed by atoms with Gasteiger partial charge in [0.15, 0.2) is 0 Å². The summed E-state index contributed by atoms with van der Waals surface area (Å²) in [6.07, 6.45) is 3.91. The molecule has 1 aliphatic rings. The minimum atomic E-state index is -0.248. The fourth-order valence-electron chi connectivity index (χ4n) is 2.25. The van der Waals surface area contributed by atoms with Crippen LogP contribution in [0.1, 0.15) is 31.2 Å². The second-order valence-corrected chi connectivity index (χ2v) is 4.47. The van der Waals surface area contributed by atoms with Crippen LogP contribution in [-0.2, 0) is 6.54 Å². The van der Waals surface area contributed by atoms with E-state index >= 15 is 0 Å². The van der Waals surface area contributed by atoms with Crippen molar-refractivity contribution in [2.24, 2.45) is 0 Å². The highest BCUT2D eigenvalue weighted by atomic mass is 19.1. The molecule has 0 saturated heterocycles. The molecule has 0 unspecified atom stereocenters. The molecule has 3 heteroatoms. The quantitative estimate of drug-likeness (QED) is 0.823. The lowest BCUT2D eigenvalue weighted by Gasteiger charge is -2.28. The summed E-state index contributed by atoms with van der Waals surface area (Å²) in [4.78, 5) is 0. The number of rotatable bonds is 3. The molecule has 1 saturated carbocycles. The first-order valence-electron chi connectivity index (χ1n) is 5.91. The molecular weight excluding hydrogens is 205 g/mol. The van der Waals surface area contributed by atoms with Crippen LogP contribution < -0.4 is 5.32 Å². The van der Waals surface area contributed by atoms with E-state index in [9.17, 15) is 9.50 Å². The van der Waals surface area contributed by atoms with E-state index in [1.807, 2.05) is 6.07 Å². The summed E-state index contributed by atoms with van der Waals surface area (Å²) in [6.45, 7) is 0.624. The van der Waals surface area contributed by atoms with Gasteiger partial charge in [-0.25, -0.2) is 4.39 Å². The highest BCUT2D eigenvalue weighted by molar-refractivity contribution is 5.16. The van der Waals surface area contributed by atoms with E-state index in [4.69, 9.17) is 0 Å². The lowest BCUT2D eigenvalue weighted by atomic mass is 9.92. The molecule has 0 heterocycles. The summed E-state index contributed by atoms with van der Waals surface area (Å²) in [5, 5.41) is 13.1. The number of nitrogens with one attached hydrogen (secondary N) is 1. The first kappa shape index (κ1) is 11.6. The number of benzene rings is 1. The van der Waals surface area contributed by atoms with Gasteiger partial charge in [-0.15, -0.1) is 0 Å². The molecule has 1 aromatic rings. The van der Waals surface area contributed by atoms with Gasteiger partial charge in [-0.2, -0.15) is 0 Å². The van der Waals surface area contributed by atoms with Crippen molar-refractivity contribution in [3.63, 3.8) is 0 Å². The SMILES string of the molecule is O[C@H]1CCCC[C@@H]1NCc1cccc(F)c1. The van der Waals surface area contributed by atoms with Gasteiger partial charge in [-0.1, -0.05) is 25.0 Å². The third-order valence-corrected chi connectivity index (χ3v) is 3.19. The Bertz CT molecular complexity index is 342. The molecular formula is C13H18FNO. The number of hydrogen-bond acceptors (Lipinski definition) is 2. The van der Waals surface area contributed by atoms with E-state index in [2.05, 4.69) is 5.32 Å². The van der Waals surface area contributed by atoms with Gasteiger partial charge in [-0.3, -0.25) is 0 Å². The Kier molecular flexibility index (Phi) is 3.91. The summed E-state index contributed by atoms with van der Waals surface area (Å²) in [7, 11) is 0. The van der Waals surface area contributed by atoms with Gasteiger partial charge in [0.25, 0.3) is 0 Å². The van der Waals surface area contributed by atoms with Gasteiger partial charge in [0, 0.05) is 12.6 Å². The third kappa shape index (κ3) is 3.03. The molecule has 1 aromatic carbocycles. The zero-order valence-corrected chi connectivity index (χ0v) is 9.32. The monoisotopic (exact) mass is 223 g/mol. The van der Waals surface area contributed by atoms with Gasteiger partial charge >= 0.3 is 0 Å². The van der Waals surface area contributed by atoms with Crippen LogP contribution in [0, 0.1) is 5.82 Å². The molecule has 0 bridgehead atoms. The largest absolute Gasteiger partial charge is 0.392 e. The normalized spacial score (nSPS) is 25.6. The summed E-state index contributed by atoms with van der Waals surface area (Å²) >= 11 is 0. The molecule has 0 amide bonds. The maximum atomic E-state index is 12.9. The molecule has 0 aliphatic heterocycles. The number of aliphatic hydroxyl groups excluding tert-OH is 1. The average Bonchev–Trinajstić information content (AvgIpc) is 2.28. The lowest BCUT2D eigenvalue weighted by Crippen LogP contribution is -2.41. The fourth-order valence-corrected chi connectivity index (χ4v) is 2.25. The Hall–Kier alpha value is -0.930. The smallest absolute Gasteiger partial charge is 0.123 e. The molecule has 1 aliphatic carbocycles. The molecule has 2 N–H and O–H groups in total. The Morgan fingerprint density at radius 1 is 1.31 bits per heavy atom.